The first-order valence-electron chi connectivity index (χ1n) is 10.6. The van der Waals surface area contributed by atoms with Gasteiger partial charge in [-0.2, -0.15) is 0 Å². The number of rotatable bonds is 5. The minimum absolute atomic E-state index is 0.271. The molecule has 2 aromatic carbocycles. The Hall–Kier alpha value is -3.28. The lowest BCUT2D eigenvalue weighted by Crippen LogP contribution is -2.39. The van der Waals surface area contributed by atoms with E-state index >= 15 is 0 Å². The Labute approximate surface area is 183 Å². The van der Waals surface area contributed by atoms with Crippen LogP contribution in [0.25, 0.3) is 5.57 Å². The van der Waals surface area contributed by atoms with Crippen molar-refractivity contribution in [3.8, 4) is 11.5 Å². The maximum absolute atomic E-state index is 13.6. The first kappa shape index (κ1) is 21.0. The van der Waals surface area contributed by atoms with E-state index in [1.54, 1.807) is 26.4 Å². The summed E-state index contributed by atoms with van der Waals surface area (Å²) in [5.74, 6) is 0.978. The van der Waals surface area contributed by atoms with E-state index in [9.17, 15) is 9.59 Å². The standard InChI is InChI=1S/C25H28N2O4/c1-16-7-10-19(11-8-16)27-24(28)22(18-9-12-20(30-3)21(14-18)31-4)23(25(27)29)26-13-5-6-17(2)15-26/h7-12,14,17H,5-6,13,15H2,1-4H3. The van der Waals surface area contributed by atoms with Crippen molar-refractivity contribution in [3.63, 3.8) is 0 Å². The fourth-order valence-electron chi connectivity index (χ4n) is 4.38. The van der Waals surface area contributed by atoms with Crippen molar-refractivity contribution in [1.82, 2.24) is 4.90 Å². The van der Waals surface area contributed by atoms with Crippen LogP contribution in [0.2, 0.25) is 0 Å². The first-order chi connectivity index (χ1) is 14.9. The van der Waals surface area contributed by atoms with Gasteiger partial charge in [0.15, 0.2) is 11.5 Å². The summed E-state index contributed by atoms with van der Waals surface area (Å²) < 4.78 is 10.8. The molecule has 2 amide bonds. The highest BCUT2D eigenvalue weighted by Gasteiger charge is 2.43. The second-order valence-corrected chi connectivity index (χ2v) is 8.27. The predicted octanol–water partition coefficient (Wildman–Crippen LogP) is 4.03. The van der Waals surface area contributed by atoms with Gasteiger partial charge in [0, 0.05) is 13.1 Å². The van der Waals surface area contributed by atoms with Crippen molar-refractivity contribution in [3.05, 3.63) is 59.3 Å². The molecule has 0 aliphatic carbocycles. The second-order valence-electron chi connectivity index (χ2n) is 8.27. The summed E-state index contributed by atoms with van der Waals surface area (Å²) >= 11 is 0. The SMILES string of the molecule is COc1ccc(C2=C(N3CCCC(C)C3)C(=O)N(c3ccc(C)cc3)C2=O)cc1OC. The van der Waals surface area contributed by atoms with Gasteiger partial charge >= 0.3 is 0 Å². The molecule has 162 valence electrons. The van der Waals surface area contributed by atoms with Gasteiger partial charge in [0.25, 0.3) is 11.8 Å². The van der Waals surface area contributed by atoms with E-state index in [1.807, 2.05) is 37.3 Å². The zero-order chi connectivity index (χ0) is 22.1. The lowest BCUT2D eigenvalue weighted by Gasteiger charge is -2.33. The Morgan fingerprint density at radius 3 is 2.29 bits per heavy atom. The molecule has 31 heavy (non-hydrogen) atoms. The molecular formula is C25H28N2O4. The number of carbonyl (C=O) groups is 2. The number of hydrogen-bond donors (Lipinski definition) is 0. The molecule has 4 rings (SSSR count). The number of carbonyl (C=O) groups excluding carboxylic acids is 2. The Balaban J connectivity index is 1.84. The average molecular weight is 421 g/mol. The molecule has 2 aliphatic heterocycles. The molecule has 1 saturated heterocycles. The summed E-state index contributed by atoms with van der Waals surface area (Å²) in [6.45, 7) is 5.68. The molecule has 0 radical (unpaired) electrons. The number of hydrogen-bond acceptors (Lipinski definition) is 5. The van der Waals surface area contributed by atoms with Crippen LogP contribution in [0.15, 0.2) is 48.2 Å². The van der Waals surface area contributed by atoms with Gasteiger partial charge in [0.1, 0.15) is 5.70 Å². The molecule has 2 aliphatic rings. The molecule has 2 heterocycles. The molecule has 1 fully saturated rings. The monoisotopic (exact) mass is 420 g/mol. The van der Waals surface area contributed by atoms with E-state index in [4.69, 9.17) is 9.47 Å². The Morgan fingerprint density at radius 1 is 0.935 bits per heavy atom. The van der Waals surface area contributed by atoms with Crippen LogP contribution in [0.4, 0.5) is 5.69 Å². The van der Waals surface area contributed by atoms with Gasteiger partial charge in [0.05, 0.1) is 25.5 Å². The van der Waals surface area contributed by atoms with E-state index in [-0.39, 0.29) is 11.8 Å². The van der Waals surface area contributed by atoms with Gasteiger partial charge in [-0.05, 0) is 55.5 Å². The number of nitrogens with zero attached hydrogens (tertiary/aromatic N) is 2. The van der Waals surface area contributed by atoms with Crippen LogP contribution in [-0.2, 0) is 9.59 Å². The molecule has 6 heteroatoms. The number of likely N-dealkylation sites (tertiary alicyclic amines) is 1. The number of benzene rings is 2. The number of imide groups is 1. The van der Waals surface area contributed by atoms with Crippen LogP contribution < -0.4 is 14.4 Å². The number of amides is 2. The fourth-order valence-corrected chi connectivity index (χ4v) is 4.38. The third-order valence-electron chi connectivity index (χ3n) is 6.00. The van der Waals surface area contributed by atoms with E-state index < -0.39 is 0 Å². The minimum Gasteiger partial charge on any atom is -0.493 e. The maximum Gasteiger partial charge on any atom is 0.282 e. The van der Waals surface area contributed by atoms with Crippen molar-refractivity contribution >= 4 is 23.1 Å². The van der Waals surface area contributed by atoms with E-state index in [0.717, 1.165) is 31.5 Å². The topological polar surface area (TPSA) is 59.1 Å². The summed E-state index contributed by atoms with van der Waals surface area (Å²) in [7, 11) is 3.13. The number of aryl methyl sites for hydroxylation is 1. The number of piperidine rings is 1. The number of ether oxygens (including phenoxy) is 2. The summed E-state index contributed by atoms with van der Waals surface area (Å²) in [4.78, 5) is 30.6. The summed E-state index contributed by atoms with van der Waals surface area (Å²) in [6, 6.07) is 12.8. The number of anilines is 1. The normalized spacial score (nSPS) is 19.3. The Bertz CT molecular complexity index is 1040. The highest BCUT2D eigenvalue weighted by Crippen LogP contribution is 2.39. The van der Waals surface area contributed by atoms with Crippen LogP contribution in [0, 0.1) is 12.8 Å². The van der Waals surface area contributed by atoms with E-state index in [2.05, 4.69) is 11.8 Å². The summed E-state index contributed by atoms with van der Waals surface area (Å²) in [5, 5.41) is 0. The average Bonchev–Trinajstić information content (AvgIpc) is 3.04. The molecule has 0 aromatic heterocycles. The maximum atomic E-state index is 13.6. The predicted molar refractivity (Wildman–Crippen MR) is 120 cm³/mol. The van der Waals surface area contributed by atoms with Crippen molar-refractivity contribution in [1.29, 1.82) is 0 Å². The van der Waals surface area contributed by atoms with E-state index in [1.165, 1.54) is 4.90 Å². The lowest BCUT2D eigenvalue weighted by atomic mass is 9.97. The fraction of sp³-hybridized carbons (Fsp3) is 0.360. The van der Waals surface area contributed by atoms with Gasteiger partial charge in [-0.1, -0.05) is 30.7 Å². The van der Waals surface area contributed by atoms with Crippen LogP contribution in [0.5, 0.6) is 11.5 Å². The molecule has 0 bridgehead atoms. The Kier molecular flexibility index (Phi) is 5.72. The van der Waals surface area contributed by atoms with Crippen molar-refractivity contribution < 1.29 is 19.1 Å². The third kappa shape index (κ3) is 3.78. The van der Waals surface area contributed by atoms with Crippen LogP contribution >= 0.6 is 0 Å². The highest BCUT2D eigenvalue weighted by atomic mass is 16.5. The van der Waals surface area contributed by atoms with Gasteiger partial charge in [-0.15, -0.1) is 0 Å². The molecule has 0 saturated carbocycles. The molecule has 1 unspecified atom stereocenters. The van der Waals surface area contributed by atoms with Gasteiger partial charge < -0.3 is 14.4 Å². The highest BCUT2D eigenvalue weighted by molar-refractivity contribution is 6.45. The van der Waals surface area contributed by atoms with Gasteiger partial charge in [-0.25, -0.2) is 4.90 Å². The third-order valence-corrected chi connectivity index (χ3v) is 6.00. The molecule has 0 N–H and O–H groups in total. The smallest absolute Gasteiger partial charge is 0.282 e. The zero-order valence-corrected chi connectivity index (χ0v) is 18.5. The minimum atomic E-state index is -0.311. The quantitative estimate of drug-likeness (QED) is 0.684. The molecule has 2 aromatic rings. The van der Waals surface area contributed by atoms with Crippen molar-refractivity contribution in [2.24, 2.45) is 5.92 Å². The molecule has 0 spiro atoms. The lowest BCUT2D eigenvalue weighted by molar-refractivity contribution is -0.120. The van der Waals surface area contributed by atoms with Crippen molar-refractivity contribution in [2.75, 3.05) is 32.2 Å². The zero-order valence-electron chi connectivity index (χ0n) is 18.5. The molecule has 1 atom stereocenters. The molecular weight excluding hydrogens is 392 g/mol. The first-order valence-corrected chi connectivity index (χ1v) is 10.6. The Morgan fingerprint density at radius 2 is 1.65 bits per heavy atom. The van der Waals surface area contributed by atoms with Crippen LogP contribution in [-0.4, -0.2) is 44.0 Å². The van der Waals surface area contributed by atoms with Gasteiger partial charge in [0.2, 0.25) is 0 Å². The largest absolute Gasteiger partial charge is 0.493 e. The second kappa shape index (κ2) is 8.46. The van der Waals surface area contributed by atoms with Crippen LogP contribution in [0.1, 0.15) is 30.9 Å². The molecule has 6 nitrogen and oxygen atoms in total. The van der Waals surface area contributed by atoms with E-state index in [0.29, 0.717) is 39.9 Å². The number of methoxy groups -OCH3 is 2. The van der Waals surface area contributed by atoms with Crippen LogP contribution in [0.3, 0.4) is 0 Å². The summed E-state index contributed by atoms with van der Waals surface area (Å²) in [6.07, 6.45) is 2.12. The summed E-state index contributed by atoms with van der Waals surface area (Å²) in [5.41, 5.74) is 3.20. The van der Waals surface area contributed by atoms with Gasteiger partial charge in [-0.3, -0.25) is 9.59 Å². The van der Waals surface area contributed by atoms with Crippen molar-refractivity contribution in [2.45, 2.75) is 26.7 Å².